The van der Waals surface area contributed by atoms with Gasteiger partial charge in [-0.25, -0.2) is 0 Å². The molecule has 1 N–H and O–H groups in total. The minimum absolute atomic E-state index is 0.0223. The Morgan fingerprint density at radius 1 is 1.03 bits per heavy atom. The molecule has 0 spiro atoms. The van der Waals surface area contributed by atoms with Crippen LogP contribution in [0, 0.1) is 40.9 Å². The van der Waals surface area contributed by atoms with E-state index in [0.29, 0.717) is 35.1 Å². The summed E-state index contributed by atoms with van der Waals surface area (Å²) in [5, 5.41) is 19.2. The average molecular weight is 520 g/mol. The second-order valence-corrected chi connectivity index (χ2v) is 12.7. The predicted octanol–water partition coefficient (Wildman–Crippen LogP) is 5.92. The number of ether oxygens (including phenoxy) is 1. The van der Waals surface area contributed by atoms with Gasteiger partial charge in [-0.1, -0.05) is 6.92 Å². The number of carbonyl (C=O) groups is 1. The Bertz CT molecular complexity index is 1190. The molecule has 37 heavy (non-hydrogen) atoms. The first kappa shape index (κ1) is 25.1. The summed E-state index contributed by atoms with van der Waals surface area (Å²) in [5.41, 5.74) is 0.168. The number of ketones is 1. The molecule has 2 aromatic rings. The fraction of sp³-hybridized carbons (Fsp3) is 0.750. The van der Waals surface area contributed by atoms with Crippen molar-refractivity contribution in [1.82, 2.24) is 15.0 Å². The molecule has 6 rings (SSSR count). The molecule has 0 radical (unpaired) electrons. The van der Waals surface area contributed by atoms with Gasteiger partial charge in [-0.15, -0.1) is 13.2 Å². The Labute approximate surface area is 214 Å². The van der Waals surface area contributed by atoms with Gasteiger partial charge in [0.1, 0.15) is 23.3 Å². The molecule has 4 aliphatic rings. The van der Waals surface area contributed by atoms with Crippen LogP contribution in [0.3, 0.4) is 0 Å². The zero-order valence-electron chi connectivity index (χ0n) is 21.5. The van der Waals surface area contributed by atoms with Crippen LogP contribution in [0.1, 0.15) is 71.6 Å². The molecule has 1 aromatic heterocycles. The fourth-order valence-corrected chi connectivity index (χ4v) is 9.07. The minimum atomic E-state index is -4.78. The van der Waals surface area contributed by atoms with Crippen LogP contribution >= 0.6 is 0 Å². The Morgan fingerprint density at radius 2 is 1.78 bits per heavy atom. The van der Waals surface area contributed by atoms with E-state index in [1.807, 2.05) is 6.92 Å². The third-order valence-corrected chi connectivity index (χ3v) is 10.5. The Hall–Kier alpha value is -2.16. The first-order valence-electron chi connectivity index (χ1n) is 13.8. The van der Waals surface area contributed by atoms with Crippen molar-refractivity contribution < 1.29 is 27.8 Å². The number of carbonyl (C=O) groups excluding carboxylic acids is 1. The topological polar surface area (TPSA) is 77.2 Å². The zero-order valence-corrected chi connectivity index (χ0v) is 21.5. The van der Waals surface area contributed by atoms with Crippen LogP contribution in [0.5, 0.6) is 5.75 Å². The first-order valence-corrected chi connectivity index (χ1v) is 13.8. The second-order valence-electron chi connectivity index (χ2n) is 12.7. The maximum Gasteiger partial charge on any atom is 0.573 e. The van der Waals surface area contributed by atoms with Crippen molar-refractivity contribution in [2.24, 2.45) is 40.9 Å². The van der Waals surface area contributed by atoms with Gasteiger partial charge in [0.2, 0.25) is 0 Å². The number of alkyl halides is 3. The third-order valence-electron chi connectivity index (χ3n) is 10.5. The van der Waals surface area contributed by atoms with Crippen molar-refractivity contribution in [2.45, 2.75) is 90.1 Å². The number of hydrogen-bond acceptors (Lipinski definition) is 5. The quantitative estimate of drug-likeness (QED) is 0.543. The van der Waals surface area contributed by atoms with Crippen molar-refractivity contribution in [2.75, 3.05) is 0 Å². The highest BCUT2D eigenvalue weighted by molar-refractivity contribution is 5.82. The summed E-state index contributed by atoms with van der Waals surface area (Å²) in [6, 6.07) is 3.84. The number of benzene rings is 1. The van der Waals surface area contributed by atoms with Gasteiger partial charge in [-0.05, 0) is 112 Å². The highest BCUT2D eigenvalue weighted by Crippen LogP contribution is 2.64. The van der Waals surface area contributed by atoms with Crippen LogP contribution in [-0.4, -0.2) is 37.8 Å². The Balaban J connectivity index is 1.15. The normalized spacial score (nSPS) is 39.6. The predicted molar refractivity (Wildman–Crippen MR) is 130 cm³/mol. The number of halogens is 3. The molecule has 1 heterocycles. The number of rotatable bonds is 4. The second kappa shape index (κ2) is 8.68. The molecule has 9 heteroatoms. The molecular formula is C28H36F3N3O3. The SMILES string of the molecule is C[C@@]1(O)CCC2[C@H](CC[C@@H]3[C@@H]2CC[C@]2(C)[C@@H](C(=O)Cn4nc5ccc(OC(F)(F)F)cc5n4)CC[C@@H]32)C1. The number of aliphatic hydroxyl groups is 1. The first-order chi connectivity index (χ1) is 17.4. The van der Waals surface area contributed by atoms with Gasteiger partial charge >= 0.3 is 6.36 Å². The summed E-state index contributed by atoms with van der Waals surface area (Å²) in [7, 11) is 0. The summed E-state index contributed by atoms with van der Waals surface area (Å²) in [5.74, 6) is 3.01. The number of nitrogens with zero attached hydrogens (tertiary/aromatic N) is 3. The lowest BCUT2D eigenvalue weighted by atomic mass is 9.49. The standard InChI is InChI=1S/C28H36F3N3O3/c1-26(36)11-9-18-16(14-26)3-5-20-19(18)10-12-27(2)21(20)6-7-22(27)25(35)15-34-32-23-8-4-17(13-24(23)33-34)37-28(29,30)31/h4,8,13,16,18-22,36H,3,5-7,9-12,14-15H2,1-2H3/t16-,18?,19-,20-,21+,22-,26-,27+/m1/s1. The van der Waals surface area contributed by atoms with E-state index in [4.69, 9.17) is 0 Å². The minimum Gasteiger partial charge on any atom is -0.406 e. The molecule has 0 aliphatic heterocycles. The van der Waals surface area contributed by atoms with Gasteiger partial charge in [-0.3, -0.25) is 4.79 Å². The van der Waals surface area contributed by atoms with Gasteiger partial charge in [0, 0.05) is 12.0 Å². The number of aromatic nitrogens is 3. The molecule has 0 bridgehead atoms. The molecule has 0 saturated heterocycles. The van der Waals surface area contributed by atoms with Gasteiger partial charge in [-0.2, -0.15) is 15.0 Å². The summed E-state index contributed by atoms with van der Waals surface area (Å²) in [6.45, 7) is 4.34. The summed E-state index contributed by atoms with van der Waals surface area (Å²) in [4.78, 5) is 14.9. The van der Waals surface area contributed by atoms with Crippen molar-refractivity contribution in [1.29, 1.82) is 0 Å². The maximum absolute atomic E-state index is 13.6. The molecule has 0 amide bonds. The molecule has 1 aromatic carbocycles. The highest BCUT2D eigenvalue weighted by atomic mass is 19.4. The molecule has 4 fully saturated rings. The van der Waals surface area contributed by atoms with E-state index in [1.165, 1.54) is 35.8 Å². The van der Waals surface area contributed by atoms with Gasteiger partial charge in [0.15, 0.2) is 5.78 Å². The van der Waals surface area contributed by atoms with E-state index in [2.05, 4.69) is 21.9 Å². The molecule has 4 saturated carbocycles. The van der Waals surface area contributed by atoms with Crippen molar-refractivity contribution in [3.8, 4) is 5.75 Å². The molecule has 8 atom stereocenters. The average Bonchev–Trinajstić information content (AvgIpc) is 3.36. The van der Waals surface area contributed by atoms with Gasteiger partial charge in [0.25, 0.3) is 0 Å². The zero-order chi connectivity index (χ0) is 26.2. The van der Waals surface area contributed by atoms with Crippen LogP contribution in [0.2, 0.25) is 0 Å². The largest absolute Gasteiger partial charge is 0.573 e. The summed E-state index contributed by atoms with van der Waals surface area (Å²) in [6.07, 6.45) is 4.76. The van der Waals surface area contributed by atoms with Crippen molar-refractivity contribution in [3.05, 3.63) is 18.2 Å². The molecular weight excluding hydrogens is 483 g/mol. The smallest absolute Gasteiger partial charge is 0.406 e. The molecule has 202 valence electrons. The van der Waals surface area contributed by atoms with Crippen LogP contribution in [0.25, 0.3) is 11.0 Å². The lowest BCUT2D eigenvalue weighted by molar-refractivity contribution is -0.274. The summed E-state index contributed by atoms with van der Waals surface area (Å²) >= 11 is 0. The van der Waals surface area contributed by atoms with E-state index in [0.717, 1.165) is 44.9 Å². The maximum atomic E-state index is 13.6. The Kier molecular flexibility index (Phi) is 5.90. The van der Waals surface area contributed by atoms with E-state index < -0.39 is 12.0 Å². The van der Waals surface area contributed by atoms with Crippen LogP contribution in [0.4, 0.5) is 13.2 Å². The summed E-state index contributed by atoms with van der Waals surface area (Å²) < 4.78 is 41.7. The highest BCUT2D eigenvalue weighted by Gasteiger charge is 2.58. The lowest BCUT2D eigenvalue weighted by Gasteiger charge is -2.56. The van der Waals surface area contributed by atoms with Crippen LogP contribution in [-0.2, 0) is 11.3 Å². The van der Waals surface area contributed by atoms with E-state index in [1.54, 1.807) is 0 Å². The Morgan fingerprint density at radius 3 is 2.57 bits per heavy atom. The van der Waals surface area contributed by atoms with Crippen molar-refractivity contribution >= 4 is 16.8 Å². The lowest BCUT2D eigenvalue weighted by Crippen LogP contribution is -2.51. The number of Topliss-reactive ketones (excluding diaryl/α,β-unsaturated/α-hetero) is 1. The molecule has 6 nitrogen and oxygen atoms in total. The monoisotopic (exact) mass is 519 g/mol. The van der Waals surface area contributed by atoms with Gasteiger partial charge in [0.05, 0.1) is 5.60 Å². The fourth-order valence-electron chi connectivity index (χ4n) is 9.07. The van der Waals surface area contributed by atoms with Crippen molar-refractivity contribution in [3.63, 3.8) is 0 Å². The van der Waals surface area contributed by atoms with Gasteiger partial charge < -0.3 is 9.84 Å². The van der Waals surface area contributed by atoms with Crippen LogP contribution in [0.15, 0.2) is 18.2 Å². The third kappa shape index (κ3) is 4.55. The van der Waals surface area contributed by atoms with E-state index >= 15 is 0 Å². The number of hydrogen-bond donors (Lipinski definition) is 1. The van der Waals surface area contributed by atoms with Crippen LogP contribution < -0.4 is 4.74 Å². The van der Waals surface area contributed by atoms with E-state index in [-0.39, 0.29) is 34.9 Å². The molecule has 4 aliphatic carbocycles. The molecule has 1 unspecified atom stereocenters. The number of fused-ring (bicyclic) bond motifs is 6. The van der Waals surface area contributed by atoms with E-state index in [9.17, 15) is 23.1 Å².